The zero-order chi connectivity index (χ0) is 21.3. The molecule has 1 aliphatic heterocycles. The first-order valence-electron chi connectivity index (χ1n) is 11.6. The summed E-state index contributed by atoms with van der Waals surface area (Å²) in [5.41, 5.74) is 0.753. The highest BCUT2D eigenvalue weighted by Gasteiger charge is 2.67. The van der Waals surface area contributed by atoms with Crippen molar-refractivity contribution in [3.63, 3.8) is 0 Å². The molecule has 1 aromatic rings. The van der Waals surface area contributed by atoms with Crippen molar-refractivity contribution in [2.75, 3.05) is 12.4 Å². The molecule has 1 N–H and O–H groups in total. The van der Waals surface area contributed by atoms with Crippen LogP contribution in [0.5, 0.6) is 5.75 Å². The van der Waals surface area contributed by atoms with Crippen LogP contribution in [0.4, 0.5) is 5.69 Å². The third-order valence-corrected chi connectivity index (χ3v) is 8.49. The van der Waals surface area contributed by atoms with Gasteiger partial charge >= 0.3 is 0 Å². The first-order valence-corrected chi connectivity index (χ1v) is 11.6. The maximum Gasteiger partial charge on any atom is 0.233 e. The van der Waals surface area contributed by atoms with Crippen LogP contribution in [0.15, 0.2) is 36.4 Å². The molecule has 5 aliphatic carbocycles. The van der Waals surface area contributed by atoms with Crippen molar-refractivity contribution in [3.8, 4) is 5.75 Å². The van der Waals surface area contributed by atoms with Crippen LogP contribution < -0.4 is 10.1 Å². The summed E-state index contributed by atoms with van der Waals surface area (Å²) < 4.78 is 5.15. The van der Waals surface area contributed by atoms with E-state index in [0.717, 1.165) is 11.4 Å². The Kier molecular flexibility index (Phi) is 4.27. The van der Waals surface area contributed by atoms with Gasteiger partial charge in [-0.1, -0.05) is 12.2 Å². The molecule has 3 saturated carbocycles. The quantitative estimate of drug-likeness (QED) is 0.599. The van der Waals surface area contributed by atoms with Gasteiger partial charge in [-0.25, -0.2) is 0 Å². The predicted molar refractivity (Wildman–Crippen MR) is 114 cm³/mol. The molecule has 7 rings (SSSR count). The maximum atomic E-state index is 13.3. The molecule has 162 valence electrons. The Balaban J connectivity index is 1.09. The van der Waals surface area contributed by atoms with Crippen LogP contribution in [0.3, 0.4) is 0 Å². The number of ether oxygens (including phenoxy) is 1. The molecule has 0 unspecified atom stereocenters. The fourth-order valence-corrected chi connectivity index (χ4v) is 6.85. The molecular weight excluding hydrogens is 392 g/mol. The number of imide groups is 1. The molecule has 2 bridgehead atoms. The molecule has 6 nitrogen and oxygen atoms in total. The monoisotopic (exact) mass is 420 g/mol. The molecular formula is C25H28N2O4. The van der Waals surface area contributed by atoms with E-state index in [9.17, 15) is 14.4 Å². The lowest BCUT2D eigenvalue weighted by atomic mass is 9.63. The van der Waals surface area contributed by atoms with Gasteiger partial charge in [-0.3, -0.25) is 19.3 Å². The lowest BCUT2D eigenvalue weighted by Gasteiger charge is -2.37. The van der Waals surface area contributed by atoms with E-state index in [4.69, 9.17) is 4.74 Å². The van der Waals surface area contributed by atoms with E-state index in [0.29, 0.717) is 37.5 Å². The van der Waals surface area contributed by atoms with Crippen LogP contribution >= 0.6 is 0 Å². The molecule has 31 heavy (non-hydrogen) atoms. The van der Waals surface area contributed by atoms with Gasteiger partial charge in [0.25, 0.3) is 0 Å². The number of anilines is 1. The van der Waals surface area contributed by atoms with Gasteiger partial charge in [-0.05, 0) is 80.0 Å². The van der Waals surface area contributed by atoms with Crippen molar-refractivity contribution in [1.29, 1.82) is 0 Å². The van der Waals surface area contributed by atoms with Gasteiger partial charge in [0.2, 0.25) is 17.7 Å². The molecule has 1 saturated heterocycles. The third-order valence-electron chi connectivity index (χ3n) is 8.49. The van der Waals surface area contributed by atoms with Gasteiger partial charge in [0.05, 0.1) is 18.9 Å². The van der Waals surface area contributed by atoms with Gasteiger partial charge in [-0.2, -0.15) is 0 Å². The molecule has 4 fully saturated rings. The topological polar surface area (TPSA) is 75.7 Å². The van der Waals surface area contributed by atoms with Gasteiger partial charge < -0.3 is 10.1 Å². The van der Waals surface area contributed by atoms with Crippen LogP contribution in [-0.2, 0) is 14.4 Å². The fourth-order valence-electron chi connectivity index (χ4n) is 6.85. The van der Waals surface area contributed by atoms with E-state index in [2.05, 4.69) is 17.5 Å². The average Bonchev–Trinajstić information content (AvgIpc) is 3.58. The minimum Gasteiger partial charge on any atom is -0.497 e. The Morgan fingerprint density at radius 3 is 2.06 bits per heavy atom. The number of hydrogen-bond donors (Lipinski definition) is 1. The molecule has 0 radical (unpaired) electrons. The Morgan fingerprint density at radius 2 is 1.52 bits per heavy atom. The van der Waals surface area contributed by atoms with Crippen molar-refractivity contribution in [1.82, 2.24) is 4.90 Å². The Hall–Kier alpha value is -2.63. The smallest absolute Gasteiger partial charge is 0.233 e. The Morgan fingerprint density at radius 1 is 0.935 bits per heavy atom. The number of nitrogens with zero attached hydrogens (tertiary/aromatic N) is 1. The molecule has 1 aromatic carbocycles. The number of methoxy groups -OCH3 is 1. The van der Waals surface area contributed by atoms with Crippen molar-refractivity contribution in [2.45, 2.75) is 38.1 Å². The number of benzene rings is 1. The van der Waals surface area contributed by atoms with Gasteiger partial charge in [0.15, 0.2) is 0 Å². The number of hydrogen-bond acceptors (Lipinski definition) is 4. The van der Waals surface area contributed by atoms with Crippen molar-refractivity contribution in [3.05, 3.63) is 36.4 Å². The van der Waals surface area contributed by atoms with Gasteiger partial charge in [-0.15, -0.1) is 0 Å². The van der Waals surface area contributed by atoms with E-state index in [1.807, 2.05) is 24.3 Å². The number of allylic oxidation sites excluding steroid dienone is 2. The summed E-state index contributed by atoms with van der Waals surface area (Å²) in [5.74, 6) is 2.36. The highest BCUT2D eigenvalue weighted by atomic mass is 16.5. The van der Waals surface area contributed by atoms with Gasteiger partial charge in [0.1, 0.15) is 5.75 Å². The molecule has 0 spiro atoms. The lowest BCUT2D eigenvalue weighted by Crippen LogP contribution is -2.44. The van der Waals surface area contributed by atoms with Crippen LogP contribution in [0, 0.1) is 41.4 Å². The number of carbonyl (C=O) groups is 3. The molecule has 1 heterocycles. The average molecular weight is 421 g/mol. The summed E-state index contributed by atoms with van der Waals surface area (Å²) in [5, 5.41) is 2.98. The summed E-state index contributed by atoms with van der Waals surface area (Å²) in [6, 6.07) is 7.26. The molecule has 0 aromatic heterocycles. The highest BCUT2D eigenvalue weighted by Crippen LogP contribution is 2.65. The molecule has 6 heteroatoms. The van der Waals surface area contributed by atoms with E-state index in [1.54, 1.807) is 12.0 Å². The first kappa shape index (κ1) is 19.1. The number of rotatable bonds is 4. The lowest BCUT2D eigenvalue weighted by molar-refractivity contribution is -0.144. The number of amides is 3. The summed E-state index contributed by atoms with van der Waals surface area (Å²) in [4.78, 5) is 40.9. The molecule has 6 aliphatic rings. The van der Waals surface area contributed by atoms with Crippen LogP contribution in [0.2, 0.25) is 0 Å². The number of nitrogens with one attached hydrogen (secondary N) is 1. The summed E-state index contributed by atoms with van der Waals surface area (Å²) in [6.07, 6.45) is 8.46. The molecule has 6 atom stereocenters. The largest absolute Gasteiger partial charge is 0.497 e. The minimum atomic E-state index is -0.123. The van der Waals surface area contributed by atoms with E-state index < -0.39 is 0 Å². The zero-order valence-corrected chi connectivity index (χ0v) is 17.7. The van der Waals surface area contributed by atoms with Gasteiger partial charge in [0, 0.05) is 17.6 Å². The molecule has 3 amide bonds. The standard InChI is InChI=1S/C25H28N2O4/c1-31-16-8-4-14(5-9-16)26-23(28)13-2-6-15(7-3-13)27-24(29)21-17-10-11-18(20-12-19(17)20)22(21)25(27)30/h4-5,8-11,13,15,17-22H,2-3,6-7,12H2,1H3,(H,26,28)/t13?,15?,17-,18-,19-,20-,21-,22+/m0/s1. The second kappa shape index (κ2) is 6.94. The van der Waals surface area contributed by atoms with E-state index in [-0.39, 0.29) is 53.4 Å². The predicted octanol–water partition coefficient (Wildman–Crippen LogP) is 3.25. The van der Waals surface area contributed by atoms with Crippen LogP contribution in [0.1, 0.15) is 32.1 Å². The van der Waals surface area contributed by atoms with Crippen LogP contribution in [-0.4, -0.2) is 35.8 Å². The summed E-state index contributed by atoms with van der Waals surface area (Å²) in [7, 11) is 1.61. The normalized spacial score (nSPS) is 39.8. The Bertz CT molecular complexity index is 926. The SMILES string of the molecule is COc1ccc(NC(=O)C2CCC(N3C(=O)[C@@H]4[C@H]5C=C[C@@H]([C@@H]6C[C@@H]56)[C@@H]4C3=O)CC2)cc1. The fraction of sp³-hybridized carbons (Fsp3) is 0.560. The second-order valence-electron chi connectivity index (χ2n) is 9.92. The zero-order valence-electron chi connectivity index (χ0n) is 17.7. The number of carbonyl (C=O) groups excluding carboxylic acids is 3. The maximum absolute atomic E-state index is 13.3. The van der Waals surface area contributed by atoms with Crippen LogP contribution in [0.25, 0.3) is 0 Å². The van der Waals surface area contributed by atoms with E-state index in [1.165, 1.54) is 6.42 Å². The minimum absolute atomic E-state index is 0.0127. The second-order valence-corrected chi connectivity index (χ2v) is 9.92. The van der Waals surface area contributed by atoms with Crippen molar-refractivity contribution >= 4 is 23.4 Å². The number of likely N-dealkylation sites (tertiary alicyclic amines) is 1. The highest BCUT2D eigenvalue weighted by molar-refractivity contribution is 6.06. The summed E-state index contributed by atoms with van der Waals surface area (Å²) in [6.45, 7) is 0. The van der Waals surface area contributed by atoms with Crippen molar-refractivity contribution in [2.24, 2.45) is 41.4 Å². The van der Waals surface area contributed by atoms with E-state index >= 15 is 0 Å². The van der Waals surface area contributed by atoms with Crippen molar-refractivity contribution < 1.29 is 19.1 Å². The first-order chi connectivity index (χ1) is 15.1. The third kappa shape index (κ3) is 2.87. The Labute approximate surface area is 182 Å². The summed E-state index contributed by atoms with van der Waals surface area (Å²) >= 11 is 0.